The van der Waals surface area contributed by atoms with Crippen LogP contribution in [0.5, 0.6) is 0 Å². The van der Waals surface area contributed by atoms with Crippen molar-refractivity contribution in [1.29, 1.82) is 0 Å². The van der Waals surface area contributed by atoms with Gasteiger partial charge < -0.3 is 5.32 Å². The third-order valence-corrected chi connectivity index (χ3v) is 6.23. The number of aromatic nitrogens is 1. The number of aryl methyl sites for hydroxylation is 1. The molecule has 2 aromatic rings. The highest BCUT2D eigenvalue weighted by Gasteiger charge is 2.26. The quantitative estimate of drug-likeness (QED) is 0.864. The highest BCUT2D eigenvalue weighted by molar-refractivity contribution is 7.90. The minimum Gasteiger partial charge on any atom is -0.341 e. The van der Waals surface area contributed by atoms with Crippen molar-refractivity contribution >= 4 is 21.5 Å². The third-order valence-electron chi connectivity index (χ3n) is 4.87. The number of hydrogen-bond acceptors (Lipinski definition) is 6. The van der Waals surface area contributed by atoms with Crippen LogP contribution in [0.25, 0.3) is 0 Å². The molecule has 27 heavy (non-hydrogen) atoms. The Morgan fingerprint density at radius 2 is 1.78 bits per heavy atom. The summed E-state index contributed by atoms with van der Waals surface area (Å²) in [4.78, 5) is 9.23. The summed E-state index contributed by atoms with van der Waals surface area (Å²) in [6, 6.07) is 11.3. The Bertz CT molecular complexity index is 951. The maximum atomic E-state index is 12.5. The molecule has 4 rings (SSSR count). The van der Waals surface area contributed by atoms with Crippen LogP contribution >= 0.6 is 0 Å². The molecule has 2 aliphatic rings. The minimum atomic E-state index is -3.64. The van der Waals surface area contributed by atoms with Crippen LogP contribution < -0.4 is 5.32 Å². The molecule has 8 heteroatoms. The standard InChI is InChI=1S/C19H23N5O2S/c1-15-5-6-17-18(12-15)27(25,26)22-19(21-17)14-24-10-8-23(9-11-24)13-16-4-2-3-7-20-16/h2-7,12H,8-11,13-14H2,1H3,(H,21,22). The monoisotopic (exact) mass is 385 g/mol. The Labute approximate surface area is 159 Å². The van der Waals surface area contributed by atoms with Crippen molar-refractivity contribution < 1.29 is 8.42 Å². The summed E-state index contributed by atoms with van der Waals surface area (Å²) < 4.78 is 28.9. The lowest BCUT2D eigenvalue weighted by molar-refractivity contribution is 0.139. The van der Waals surface area contributed by atoms with Gasteiger partial charge in [0.05, 0.1) is 17.9 Å². The van der Waals surface area contributed by atoms with Gasteiger partial charge in [-0.25, -0.2) is 0 Å². The van der Waals surface area contributed by atoms with Gasteiger partial charge in [0.25, 0.3) is 10.0 Å². The van der Waals surface area contributed by atoms with Gasteiger partial charge in [-0.1, -0.05) is 12.1 Å². The van der Waals surface area contributed by atoms with Gasteiger partial charge in [0.2, 0.25) is 0 Å². The van der Waals surface area contributed by atoms with Crippen LogP contribution in [0.2, 0.25) is 0 Å². The first kappa shape index (κ1) is 18.1. The average Bonchev–Trinajstić information content (AvgIpc) is 2.65. The van der Waals surface area contributed by atoms with Crippen LogP contribution in [0.15, 0.2) is 51.9 Å². The van der Waals surface area contributed by atoms with E-state index in [-0.39, 0.29) is 4.90 Å². The fraction of sp³-hybridized carbons (Fsp3) is 0.368. The molecule has 0 bridgehead atoms. The zero-order chi connectivity index (χ0) is 18.9. The van der Waals surface area contributed by atoms with Crippen molar-refractivity contribution in [2.75, 3.05) is 38.0 Å². The molecular weight excluding hydrogens is 362 g/mol. The summed E-state index contributed by atoms with van der Waals surface area (Å²) in [6.45, 7) is 6.81. The van der Waals surface area contributed by atoms with Crippen molar-refractivity contribution in [3.63, 3.8) is 0 Å². The van der Waals surface area contributed by atoms with E-state index < -0.39 is 10.0 Å². The van der Waals surface area contributed by atoms with Crippen LogP contribution in [0.1, 0.15) is 11.3 Å². The van der Waals surface area contributed by atoms with E-state index in [2.05, 4.69) is 24.5 Å². The van der Waals surface area contributed by atoms with Crippen LogP contribution in [-0.4, -0.2) is 61.8 Å². The van der Waals surface area contributed by atoms with E-state index in [9.17, 15) is 8.42 Å². The molecule has 142 valence electrons. The van der Waals surface area contributed by atoms with Gasteiger partial charge in [-0.15, -0.1) is 4.40 Å². The first-order valence-corrected chi connectivity index (χ1v) is 10.5. The molecule has 0 atom stereocenters. The number of fused-ring (bicyclic) bond motifs is 1. The van der Waals surface area contributed by atoms with Gasteiger partial charge in [0.15, 0.2) is 0 Å². The molecule has 0 aliphatic carbocycles. The summed E-state index contributed by atoms with van der Waals surface area (Å²) >= 11 is 0. The first-order valence-electron chi connectivity index (χ1n) is 9.06. The van der Waals surface area contributed by atoms with Gasteiger partial charge in [-0.2, -0.15) is 8.42 Å². The fourth-order valence-corrected chi connectivity index (χ4v) is 4.65. The van der Waals surface area contributed by atoms with E-state index in [1.165, 1.54) is 0 Å². The lowest BCUT2D eigenvalue weighted by Gasteiger charge is -2.35. The number of benzene rings is 1. The van der Waals surface area contributed by atoms with Crippen LogP contribution in [0, 0.1) is 6.92 Å². The number of nitrogens with zero attached hydrogens (tertiary/aromatic N) is 4. The zero-order valence-electron chi connectivity index (χ0n) is 15.3. The molecule has 7 nitrogen and oxygen atoms in total. The van der Waals surface area contributed by atoms with Crippen molar-refractivity contribution in [2.45, 2.75) is 18.4 Å². The molecule has 3 heterocycles. The van der Waals surface area contributed by atoms with Gasteiger partial charge >= 0.3 is 0 Å². The molecular formula is C19H23N5O2S. The van der Waals surface area contributed by atoms with Gasteiger partial charge in [0, 0.05) is 38.9 Å². The molecule has 1 saturated heterocycles. The SMILES string of the molecule is Cc1ccc2c(c1)S(=O)(=O)N=C(CN1CCN(Cc3ccccn3)CC1)N2. The summed E-state index contributed by atoms with van der Waals surface area (Å²) in [5, 5.41) is 3.18. The number of hydrogen-bond donors (Lipinski definition) is 1. The first-order chi connectivity index (χ1) is 13.0. The molecule has 1 fully saturated rings. The highest BCUT2D eigenvalue weighted by Crippen LogP contribution is 2.28. The summed E-state index contributed by atoms with van der Waals surface area (Å²) in [6.07, 6.45) is 1.82. The lowest BCUT2D eigenvalue weighted by Crippen LogP contribution is -2.48. The molecule has 0 saturated carbocycles. The van der Waals surface area contributed by atoms with Gasteiger partial charge in [0.1, 0.15) is 10.7 Å². The second-order valence-electron chi connectivity index (χ2n) is 7.01. The number of sulfonamides is 1. The summed E-state index contributed by atoms with van der Waals surface area (Å²) in [5.41, 5.74) is 2.59. The number of rotatable bonds is 4. The largest absolute Gasteiger partial charge is 0.341 e. The predicted molar refractivity (Wildman–Crippen MR) is 105 cm³/mol. The Morgan fingerprint density at radius 3 is 2.48 bits per heavy atom. The minimum absolute atomic E-state index is 0.256. The van der Waals surface area contributed by atoms with Crippen LogP contribution in [0.4, 0.5) is 5.69 Å². The molecule has 0 amide bonds. The summed E-state index contributed by atoms with van der Waals surface area (Å²) in [7, 11) is -3.64. The molecule has 1 N–H and O–H groups in total. The second kappa shape index (κ2) is 7.38. The number of piperazine rings is 1. The zero-order valence-corrected chi connectivity index (χ0v) is 16.1. The van der Waals surface area contributed by atoms with Crippen molar-refractivity contribution in [1.82, 2.24) is 14.8 Å². The maximum Gasteiger partial charge on any atom is 0.286 e. The Kier molecular flexibility index (Phi) is 4.94. The molecule has 1 aromatic carbocycles. The topological polar surface area (TPSA) is 77.9 Å². The van der Waals surface area contributed by atoms with E-state index in [1.54, 1.807) is 6.07 Å². The van der Waals surface area contributed by atoms with Gasteiger partial charge in [-0.05, 0) is 36.8 Å². The van der Waals surface area contributed by atoms with E-state index >= 15 is 0 Å². The molecule has 0 spiro atoms. The molecule has 0 radical (unpaired) electrons. The fourth-order valence-electron chi connectivity index (χ4n) is 3.43. The van der Waals surface area contributed by atoms with E-state index in [0.29, 0.717) is 18.1 Å². The number of pyridine rings is 1. The second-order valence-corrected chi connectivity index (χ2v) is 8.58. The average molecular weight is 385 g/mol. The predicted octanol–water partition coefficient (Wildman–Crippen LogP) is 1.72. The number of anilines is 1. The third kappa shape index (κ3) is 4.18. The van der Waals surface area contributed by atoms with E-state index in [0.717, 1.165) is 44.0 Å². The van der Waals surface area contributed by atoms with Crippen molar-refractivity contribution in [2.24, 2.45) is 4.40 Å². The summed E-state index contributed by atoms with van der Waals surface area (Å²) in [5.74, 6) is 0.490. The van der Waals surface area contributed by atoms with Crippen LogP contribution in [-0.2, 0) is 16.6 Å². The highest BCUT2D eigenvalue weighted by atomic mass is 32.2. The van der Waals surface area contributed by atoms with Crippen LogP contribution in [0.3, 0.4) is 0 Å². The van der Waals surface area contributed by atoms with Gasteiger partial charge in [-0.3, -0.25) is 14.8 Å². The normalized spacial score (nSPS) is 19.8. The maximum absolute atomic E-state index is 12.5. The lowest BCUT2D eigenvalue weighted by atomic mass is 10.2. The molecule has 1 aromatic heterocycles. The van der Waals surface area contributed by atoms with Crippen molar-refractivity contribution in [3.8, 4) is 0 Å². The Morgan fingerprint density at radius 1 is 1.04 bits per heavy atom. The Hall–Kier alpha value is -2.29. The van der Waals surface area contributed by atoms with E-state index in [1.807, 2.05) is 43.5 Å². The Balaban J connectivity index is 1.37. The van der Waals surface area contributed by atoms with E-state index in [4.69, 9.17) is 0 Å². The van der Waals surface area contributed by atoms with Crippen molar-refractivity contribution in [3.05, 3.63) is 53.9 Å². The molecule has 2 aliphatic heterocycles. The number of amidine groups is 1. The number of nitrogens with one attached hydrogen (secondary N) is 1. The molecule has 0 unspecified atom stereocenters. The smallest absolute Gasteiger partial charge is 0.286 e.